The number of halogens is 6. The van der Waals surface area contributed by atoms with E-state index in [1.807, 2.05) is 0 Å². The number of aliphatic imine (C=N–C) groups is 1. The van der Waals surface area contributed by atoms with Crippen LogP contribution in [0.3, 0.4) is 0 Å². The Bertz CT molecular complexity index is 1020. The number of benzene rings is 1. The molecule has 0 radical (unpaired) electrons. The molecule has 15 heteroatoms. The highest BCUT2D eigenvalue weighted by atomic mass is 19.4. The van der Waals surface area contributed by atoms with Gasteiger partial charge in [0.1, 0.15) is 17.5 Å². The number of nitrogens with two attached hydrogens (primary N) is 2. The minimum atomic E-state index is -5.07. The second-order valence-corrected chi connectivity index (χ2v) is 7.34. The van der Waals surface area contributed by atoms with Crippen molar-refractivity contribution < 1.29 is 50.1 Å². The van der Waals surface area contributed by atoms with E-state index in [0.29, 0.717) is 0 Å². The van der Waals surface area contributed by atoms with Gasteiger partial charge in [-0.25, -0.2) is 4.79 Å². The molecule has 0 spiro atoms. The molecule has 5 N–H and O–H groups in total. The molecule has 194 valence electrons. The van der Waals surface area contributed by atoms with E-state index in [9.17, 15) is 35.9 Å². The smallest absolute Gasteiger partial charge is 0.475 e. The SMILES string of the molecule is COC(=O)[C@H](CCCN=C(N)N)NC(=O)C1=Cc2cc(OC(F)(F)F)cc(C)c2O[C@@H]1C(F)(F)F. The molecule has 35 heavy (non-hydrogen) atoms. The van der Waals surface area contributed by atoms with Crippen molar-refractivity contribution in [2.45, 2.75) is 44.4 Å². The number of guanidine groups is 1. The molecule has 0 aromatic heterocycles. The maximum atomic E-state index is 13.7. The molecule has 0 bridgehead atoms. The molecule has 1 amide bonds. The van der Waals surface area contributed by atoms with Crippen LogP contribution in [0.25, 0.3) is 6.08 Å². The lowest BCUT2D eigenvalue weighted by atomic mass is 9.97. The van der Waals surface area contributed by atoms with Crippen molar-refractivity contribution in [3.63, 3.8) is 0 Å². The fourth-order valence-electron chi connectivity index (χ4n) is 3.22. The molecule has 1 aliphatic rings. The molecule has 1 aromatic carbocycles. The molecule has 1 aliphatic heterocycles. The third-order valence-corrected chi connectivity index (χ3v) is 4.64. The van der Waals surface area contributed by atoms with Crippen LogP contribution in [-0.4, -0.2) is 56.2 Å². The number of hydrogen-bond donors (Lipinski definition) is 3. The number of carbonyl (C=O) groups excluding carboxylic acids is 2. The second-order valence-electron chi connectivity index (χ2n) is 7.34. The maximum Gasteiger partial charge on any atom is 0.573 e. The Balaban J connectivity index is 2.40. The van der Waals surface area contributed by atoms with E-state index in [1.165, 1.54) is 6.92 Å². The van der Waals surface area contributed by atoms with E-state index in [1.54, 1.807) is 0 Å². The van der Waals surface area contributed by atoms with Crippen LogP contribution in [-0.2, 0) is 14.3 Å². The van der Waals surface area contributed by atoms with Gasteiger partial charge >= 0.3 is 18.5 Å². The molecule has 0 unspecified atom stereocenters. The van der Waals surface area contributed by atoms with Crippen molar-refractivity contribution in [3.8, 4) is 11.5 Å². The normalized spacial score (nSPS) is 16.2. The fraction of sp³-hybridized carbons (Fsp3) is 0.450. The number of carbonyl (C=O) groups is 2. The number of hydrogen-bond acceptors (Lipinski definition) is 6. The highest BCUT2D eigenvalue weighted by Crippen LogP contribution is 2.41. The van der Waals surface area contributed by atoms with Crippen molar-refractivity contribution >= 4 is 23.9 Å². The standard InChI is InChI=1S/C20H22F6N4O5/c1-9-6-11(35-20(24,25)26)7-10-8-12(15(19(21,22)23)34-14(9)10)16(31)30-13(17(32)33-2)4-3-5-29-18(27)28/h6-8,13,15H,3-5H2,1-2H3,(H,30,31)(H4,27,28,29)/t13-,15-/m0/s1. The van der Waals surface area contributed by atoms with Crippen molar-refractivity contribution in [1.29, 1.82) is 0 Å². The number of esters is 1. The third-order valence-electron chi connectivity index (χ3n) is 4.64. The first-order valence-electron chi connectivity index (χ1n) is 9.91. The Morgan fingerprint density at radius 1 is 1.20 bits per heavy atom. The van der Waals surface area contributed by atoms with Gasteiger partial charge in [0, 0.05) is 12.1 Å². The lowest BCUT2D eigenvalue weighted by Gasteiger charge is -2.30. The summed E-state index contributed by atoms with van der Waals surface area (Å²) in [5.74, 6) is -3.59. The topological polar surface area (TPSA) is 138 Å². The number of methoxy groups -OCH3 is 1. The molecular formula is C20H22F6N4O5. The van der Waals surface area contributed by atoms with Crippen LogP contribution in [0.5, 0.6) is 11.5 Å². The largest absolute Gasteiger partial charge is 0.573 e. The van der Waals surface area contributed by atoms with Gasteiger partial charge in [-0.2, -0.15) is 13.2 Å². The van der Waals surface area contributed by atoms with Gasteiger partial charge in [0.2, 0.25) is 6.10 Å². The summed E-state index contributed by atoms with van der Waals surface area (Å²) in [6.07, 6.45) is -12.1. The van der Waals surface area contributed by atoms with Crippen molar-refractivity contribution in [2.24, 2.45) is 16.5 Å². The predicted octanol–water partition coefficient (Wildman–Crippen LogP) is 2.31. The van der Waals surface area contributed by atoms with E-state index < -0.39 is 47.9 Å². The van der Waals surface area contributed by atoms with Crippen LogP contribution in [0.2, 0.25) is 0 Å². The Kier molecular flexibility index (Phi) is 8.46. The van der Waals surface area contributed by atoms with Crippen LogP contribution in [0.1, 0.15) is 24.0 Å². The first kappa shape index (κ1) is 27.6. The molecular weight excluding hydrogens is 490 g/mol. The van der Waals surface area contributed by atoms with Gasteiger partial charge in [0.05, 0.1) is 12.7 Å². The molecule has 0 fully saturated rings. The first-order valence-corrected chi connectivity index (χ1v) is 9.91. The van der Waals surface area contributed by atoms with E-state index in [0.717, 1.165) is 25.3 Å². The lowest BCUT2D eigenvalue weighted by Crippen LogP contribution is -2.48. The molecule has 0 saturated carbocycles. The van der Waals surface area contributed by atoms with E-state index in [-0.39, 0.29) is 42.2 Å². The Hall–Kier alpha value is -3.65. The molecule has 1 aromatic rings. The summed E-state index contributed by atoms with van der Waals surface area (Å²) in [6, 6.07) is 0.269. The number of ether oxygens (including phenoxy) is 3. The van der Waals surface area contributed by atoms with Gasteiger partial charge in [0.15, 0.2) is 5.96 Å². The molecule has 0 saturated heterocycles. The molecule has 9 nitrogen and oxygen atoms in total. The predicted molar refractivity (Wildman–Crippen MR) is 110 cm³/mol. The van der Waals surface area contributed by atoms with Crippen molar-refractivity contribution in [2.75, 3.05) is 13.7 Å². The number of fused-ring (bicyclic) bond motifs is 1. The summed E-state index contributed by atoms with van der Waals surface area (Å²) in [6.45, 7) is 1.29. The summed E-state index contributed by atoms with van der Waals surface area (Å²) in [4.78, 5) is 28.5. The van der Waals surface area contributed by atoms with E-state index >= 15 is 0 Å². The third kappa shape index (κ3) is 7.68. The van der Waals surface area contributed by atoms with Gasteiger partial charge < -0.3 is 31.0 Å². The average molecular weight is 512 g/mol. The molecule has 0 aliphatic carbocycles. The van der Waals surface area contributed by atoms with Gasteiger partial charge in [-0.3, -0.25) is 9.79 Å². The van der Waals surface area contributed by atoms with Gasteiger partial charge in [-0.1, -0.05) is 0 Å². The van der Waals surface area contributed by atoms with Crippen LogP contribution in [0.15, 0.2) is 22.7 Å². The number of amides is 1. The van der Waals surface area contributed by atoms with E-state index in [2.05, 4.69) is 19.8 Å². The molecule has 1 heterocycles. The second kappa shape index (κ2) is 10.7. The number of aryl methyl sites for hydroxylation is 1. The van der Waals surface area contributed by atoms with Crippen LogP contribution in [0.4, 0.5) is 26.3 Å². The Morgan fingerprint density at radius 2 is 1.86 bits per heavy atom. The highest BCUT2D eigenvalue weighted by Gasteiger charge is 2.49. The average Bonchev–Trinajstić information content (AvgIpc) is 2.72. The van der Waals surface area contributed by atoms with E-state index in [4.69, 9.17) is 16.2 Å². The minimum Gasteiger partial charge on any atom is -0.475 e. The summed E-state index contributed by atoms with van der Waals surface area (Å²) < 4.78 is 92.3. The van der Waals surface area contributed by atoms with Gasteiger partial charge in [-0.15, -0.1) is 13.2 Å². The highest BCUT2D eigenvalue weighted by molar-refractivity contribution is 6.02. The summed E-state index contributed by atoms with van der Waals surface area (Å²) >= 11 is 0. The zero-order chi connectivity index (χ0) is 26.6. The van der Waals surface area contributed by atoms with Crippen molar-refractivity contribution in [1.82, 2.24) is 5.32 Å². The monoisotopic (exact) mass is 512 g/mol. The minimum absolute atomic E-state index is 0.0668. The summed E-state index contributed by atoms with van der Waals surface area (Å²) in [5.41, 5.74) is 9.06. The Labute approximate surface area is 195 Å². The van der Waals surface area contributed by atoms with Crippen LogP contribution in [0, 0.1) is 6.92 Å². The van der Waals surface area contributed by atoms with Gasteiger partial charge in [0.25, 0.3) is 5.91 Å². The fourth-order valence-corrected chi connectivity index (χ4v) is 3.22. The quantitative estimate of drug-likeness (QED) is 0.160. The van der Waals surface area contributed by atoms with Crippen LogP contribution >= 0.6 is 0 Å². The molecule has 2 atom stereocenters. The lowest BCUT2D eigenvalue weighted by molar-refractivity contribution is -0.274. The van der Waals surface area contributed by atoms with Gasteiger partial charge in [-0.05, 0) is 43.5 Å². The maximum absolute atomic E-state index is 13.7. The number of nitrogens with one attached hydrogen (secondary N) is 1. The zero-order valence-electron chi connectivity index (χ0n) is 18.4. The summed E-state index contributed by atoms with van der Waals surface area (Å²) in [5, 5.41) is 2.14. The number of rotatable bonds is 8. The number of nitrogens with zero attached hydrogens (tertiary/aromatic N) is 1. The summed E-state index contributed by atoms with van der Waals surface area (Å²) in [7, 11) is 1.01. The first-order chi connectivity index (χ1) is 16.1. The van der Waals surface area contributed by atoms with Crippen molar-refractivity contribution in [3.05, 3.63) is 28.8 Å². The van der Waals surface area contributed by atoms with Crippen LogP contribution < -0.4 is 26.3 Å². The molecule has 2 rings (SSSR count). The Morgan fingerprint density at radius 3 is 2.40 bits per heavy atom. The zero-order valence-corrected chi connectivity index (χ0v) is 18.4. The number of alkyl halides is 6.